The molecule has 0 saturated heterocycles. The Bertz CT molecular complexity index is 958. The van der Waals surface area contributed by atoms with Gasteiger partial charge in [-0.05, 0) is 24.8 Å². The number of nitrogens with zero attached hydrogens (tertiary/aromatic N) is 4. The highest BCUT2D eigenvalue weighted by atomic mass is 16.5. The van der Waals surface area contributed by atoms with Gasteiger partial charge in [0.1, 0.15) is 18.1 Å². The fourth-order valence-electron chi connectivity index (χ4n) is 4.83. The smallest absolute Gasteiger partial charge is 0.167 e. The summed E-state index contributed by atoms with van der Waals surface area (Å²) in [6.07, 6.45) is 24.0. The number of hydrogen-bond acceptors (Lipinski definition) is 5. The SMILES string of the molecule is CCCCCCCCCCCCCCCCOC(CCc1ccccc1)n1cnc2c(N)ncnc21. The topological polar surface area (TPSA) is 78.9 Å². The van der Waals surface area contributed by atoms with E-state index in [0.717, 1.165) is 31.5 Å². The Morgan fingerprint density at radius 3 is 2.03 bits per heavy atom. The first-order valence-electron chi connectivity index (χ1n) is 14.4. The number of imidazole rings is 1. The summed E-state index contributed by atoms with van der Waals surface area (Å²) in [5.74, 6) is 0.410. The van der Waals surface area contributed by atoms with Gasteiger partial charge in [0.25, 0.3) is 0 Å². The van der Waals surface area contributed by atoms with Gasteiger partial charge in [0, 0.05) is 6.61 Å². The molecule has 3 aromatic rings. The molecule has 0 radical (unpaired) electrons. The van der Waals surface area contributed by atoms with E-state index >= 15 is 0 Å². The van der Waals surface area contributed by atoms with Crippen molar-refractivity contribution in [1.82, 2.24) is 19.5 Å². The summed E-state index contributed by atoms with van der Waals surface area (Å²) in [5, 5.41) is 0. The Hall–Kier alpha value is -2.47. The van der Waals surface area contributed by atoms with Crippen molar-refractivity contribution in [2.75, 3.05) is 12.3 Å². The van der Waals surface area contributed by atoms with E-state index in [9.17, 15) is 0 Å². The average Bonchev–Trinajstić information content (AvgIpc) is 3.34. The molecule has 0 saturated carbocycles. The van der Waals surface area contributed by atoms with Crippen LogP contribution in [0.4, 0.5) is 5.82 Å². The molecule has 0 bridgehead atoms. The summed E-state index contributed by atoms with van der Waals surface area (Å²) in [4.78, 5) is 12.9. The lowest BCUT2D eigenvalue weighted by Gasteiger charge is -2.20. The number of nitrogen functional groups attached to an aromatic ring is 1. The second kappa shape index (κ2) is 17.1. The molecule has 6 heteroatoms. The summed E-state index contributed by atoms with van der Waals surface area (Å²) in [7, 11) is 0. The summed E-state index contributed by atoms with van der Waals surface area (Å²) in [6, 6.07) is 10.5. The van der Waals surface area contributed by atoms with Gasteiger partial charge in [-0.15, -0.1) is 0 Å². The predicted octanol–water partition coefficient (Wildman–Crippen LogP) is 8.04. The molecule has 0 fully saturated rings. The van der Waals surface area contributed by atoms with Crippen molar-refractivity contribution in [2.45, 2.75) is 116 Å². The second-order valence-electron chi connectivity index (χ2n) is 10.0. The molecule has 2 heterocycles. The van der Waals surface area contributed by atoms with Crippen molar-refractivity contribution >= 4 is 17.0 Å². The highest BCUT2D eigenvalue weighted by molar-refractivity contribution is 5.81. The molecule has 0 aliphatic carbocycles. The zero-order valence-corrected chi connectivity index (χ0v) is 22.4. The minimum atomic E-state index is -0.119. The van der Waals surface area contributed by atoms with E-state index in [1.165, 1.54) is 95.4 Å². The first-order valence-corrected chi connectivity index (χ1v) is 14.4. The summed E-state index contributed by atoms with van der Waals surface area (Å²) in [6.45, 7) is 3.03. The zero-order valence-electron chi connectivity index (χ0n) is 22.4. The van der Waals surface area contributed by atoms with Gasteiger partial charge in [-0.1, -0.05) is 121 Å². The number of fused-ring (bicyclic) bond motifs is 1. The van der Waals surface area contributed by atoms with E-state index in [2.05, 4.69) is 52.2 Å². The number of unbranched alkanes of at least 4 members (excludes halogenated alkanes) is 13. The van der Waals surface area contributed by atoms with Crippen LogP contribution in [0.25, 0.3) is 11.2 Å². The number of nitrogens with two attached hydrogens (primary N) is 1. The molecule has 0 aliphatic heterocycles. The van der Waals surface area contributed by atoms with Gasteiger partial charge in [0.05, 0.1) is 6.33 Å². The quantitative estimate of drug-likeness (QED) is 0.161. The maximum atomic E-state index is 6.39. The third-order valence-electron chi connectivity index (χ3n) is 7.03. The molecular weight excluding hydrogens is 446 g/mol. The van der Waals surface area contributed by atoms with Crippen molar-refractivity contribution in [3.63, 3.8) is 0 Å². The van der Waals surface area contributed by atoms with Gasteiger partial charge in [-0.25, -0.2) is 15.0 Å². The number of hydrogen-bond donors (Lipinski definition) is 1. The number of rotatable bonds is 20. The van der Waals surface area contributed by atoms with Crippen LogP contribution in [0.2, 0.25) is 0 Å². The molecule has 0 aliphatic rings. The van der Waals surface area contributed by atoms with Gasteiger partial charge < -0.3 is 10.5 Å². The molecule has 2 aromatic heterocycles. The number of aryl methyl sites for hydroxylation is 1. The van der Waals surface area contributed by atoms with Crippen molar-refractivity contribution in [3.8, 4) is 0 Å². The molecule has 3 rings (SSSR count). The molecule has 36 heavy (non-hydrogen) atoms. The van der Waals surface area contributed by atoms with Crippen LogP contribution in [0.1, 0.15) is 115 Å². The van der Waals surface area contributed by atoms with Crippen LogP contribution in [0.5, 0.6) is 0 Å². The van der Waals surface area contributed by atoms with Gasteiger partial charge >= 0.3 is 0 Å². The third-order valence-corrected chi connectivity index (χ3v) is 7.03. The van der Waals surface area contributed by atoms with E-state index in [1.807, 2.05) is 4.57 Å². The highest BCUT2D eigenvalue weighted by Gasteiger charge is 2.17. The van der Waals surface area contributed by atoms with Crippen molar-refractivity contribution < 1.29 is 4.74 Å². The first-order chi connectivity index (χ1) is 17.8. The normalized spacial score (nSPS) is 12.4. The van der Waals surface area contributed by atoms with Crippen molar-refractivity contribution in [1.29, 1.82) is 0 Å². The molecule has 6 nitrogen and oxygen atoms in total. The van der Waals surface area contributed by atoms with Crippen LogP contribution in [0.3, 0.4) is 0 Å². The monoisotopic (exact) mass is 493 g/mol. The minimum absolute atomic E-state index is 0.119. The Morgan fingerprint density at radius 2 is 1.39 bits per heavy atom. The Labute approximate surface area is 218 Å². The Kier molecular flexibility index (Phi) is 13.3. The Balaban J connectivity index is 1.33. The molecule has 1 atom stereocenters. The predicted molar refractivity (Wildman–Crippen MR) is 150 cm³/mol. The Morgan fingerprint density at radius 1 is 0.778 bits per heavy atom. The number of aromatic nitrogens is 4. The van der Waals surface area contributed by atoms with E-state index in [1.54, 1.807) is 6.33 Å². The summed E-state index contributed by atoms with van der Waals surface area (Å²) in [5.41, 5.74) is 8.69. The zero-order chi connectivity index (χ0) is 25.3. The van der Waals surface area contributed by atoms with Gasteiger partial charge in [-0.3, -0.25) is 4.57 Å². The lowest BCUT2D eigenvalue weighted by molar-refractivity contribution is -0.00294. The maximum absolute atomic E-state index is 6.39. The van der Waals surface area contributed by atoms with Crippen molar-refractivity contribution in [3.05, 3.63) is 48.5 Å². The molecule has 198 valence electrons. The fourth-order valence-corrected chi connectivity index (χ4v) is 4.83. The first kappa shape index (κ1) is 28.1. The standard InChI is InChI=1S/C30H47N5O/c1-2-3-4-5-6-7-8-9-10-11-12-13-14-18-23-36-27(22-21-26-19-16-15-17-20-26)35-25-34-28-29(31)32-24-33-30(28)35/h15-17,19-20,24-25,27H,2-14,18,21-23H2,1H3,(H2,31,32,33). The van der Waals surface area contributed by atoms with Crippen LogP contribution in [0.15, 0.2) is 43.0 Å². The third kappa shape index (κ3) is 9.88. The molecule has 1 unspecified atom stereocenters. The number of ether oxygens (including phenoxy) is 1. The van der Waals surface area contributed by atoms with Crippen LogP contribution < -0.4 is 5.73 Å². The van der Waals surface area contributed by atoms with Gasteiger partial charge in [0.15, 0.2) is 11.5 Å². The summed E-state index contributed by atoms with van der Waals surface area (Å²) < 4.78 is 8.40. The highest BCUT2D eigenvalue weighted by Crippen LogP contribution is 2.24. The number of anilines is 1. The van der Waals surface area contributed by atoms with Crippen LogP contribution in [-0.2, 0) is 11.2 Å². The van der Waals surface area contributed by atoms with Crippen molar-refractivity contribution in [2.24, 2.45) is 0 Å². The molecule has 0 amide bonds. The molecule has 0 spiro atoms. The maximum Gasteiger partial charge on any atom is 0.167 e. The largest absolute Gasteiger partial charge is 0.382 e. The molecule has 2 N–H and O–H groups in total. The van der Waals surface area contributed by atoms with E-state index in [4.69, 9.17) is 10.5 Å². The van der Waals surface area contributed by atoms with Crippen LogP contribution in [0, 0.1) is 0 Å². The summed E-state index contributed by atoms with van der Waals surface area (Å²) >= 11 is 0. The number of benzene rings is 1. The second-order valence-corrected chi connectivity index (χ2v) is 10.0. The van der Waals surface area contributed by atoms with Crippen LogP contribution in [-0.4, -0.2) is 26.1 Å². The van der Waals surface area contributed by atoms with E-state index < -0.39 is 0 Å². The van der Waals surface area contributed by atoms with E-state index in [-0.39, 0.29) is 6.23 Å². The average molecular weight is 494 g/mol. The van der Waals surface area contributed by atoms with Gasteiger partial charge in [0.2, 0.25) is 0 Å². The van der Waals surface area contributed by atoms with Crippen LogP contribution >= 0.6 is 0 Å². The fraction of sp³-hybridized carbons (Fsp3) is 0.633. The lowest BCUT2D eigenvalue weighted by atomic mass is 10.0. The molecular formula is C30H47N5O. The lowest BCUT2D eigenvalue weighted by Crippen LogP contribution is -2.15. The van der Waals surface area contributed by atoms with E-state index in [0.29, 0.717) is 11.3 Å². The van der Waals surface area contributed by atoms with Gasteiger partial charge in [-0.2, -0.15) is 0 Å². The minimum Gasteiger partial charge on any atom is -0.382 e. The molecule has 1 aromatic carbocycles.